The van der Waals surface area contributed by atoms with Crippen LogP contribution < -0.4 is 20.1 Å². The molecular weight excluding hydrogens is 476 g/mol. The van der Waals surface area contributed by atoms with Crippen LogP contribution in [0.4, 0.5) is 4.39 Å². The Labute approximate surface area is 182 Å². The molecule has 0 heterocycles. The van der Waals surface area contributed by atoms with E-state index in [1.807, 2.05) is 13.8 Å². The molecule has 3 N–H and O–H groups in total. The summed E-state index contributed by atoms with van der Waals surface area (Å²) in [4.78, 5) is 4.47. The molecule has 28 heavy (non-hydrogen) atoms. The summed E-state index contributed by atoms with van der Waals surface area (Å²) in [6.07, 6.45) is -0.268. The van der Waals surface area contributed by atoms with E-state index in [1.165, 1.54) is 13.2 Å². The van der Waals surface area contributed by atoms with Crippen LogP contribution >= 0.6 is 24.0 Å². The molecule has 0 aromatic heterocycles. The van der Waals surface area contributed by atoms with Crippen LogP contribution in [0.3, 0.4) is 0 Å². The Bertz CT molecular complexity index is 774. The second-order valence-electron chi connectivity index (χ2n) is 5.90. The van der Waals surface area contributed by atoms with Crippen LogP contribution in [-0.4, -0.2) is 37.4 Å². The normalized spacial score (nSPS) is 11.9. The quantitative estimate of drug-likeness (QED) is 0.291. The molecule has 0 fully saturated rings. The monoisotopic (exact) mass is 503 g/mol. The number of ether oxygens (including phenoxy) is 2. The van der Waals surface area contributed by atoms with Crippen molar-refractivity contribution < 1.29 is 19.0 Å². The van der Waals surface area contributed by atoms with E-state index in [0.717, 1.165) is 0 Å². The van der Waals surface area contributed by atoms with Crippen LogP contribution in [0.15, 0.2) is 47.5 Å². The van der Waals surface area contributed by atoms with E-state index in [4.69, 9.17) is 9.47 Å². The van der Waals surface area contributed by atoms with Crippen LogP contribution in [0.25, 0.3) is 0 Å². The van der Waals surface area contributed by atoms with Gasteiger partial charge in [-0.1, -0.05) is 24.3 Å². The van der Waals surface area contributed by atoms with Gasteiger partial charge < -0.3 is 25.2 Å². The number of phenolic OH excluding ortho intramolecular Hbond substituents is 1. The number of nitrogens with zero attached hydrogens (tertiary/aromatic N) is 1. The average molecular weight is 503 g/mol. The van der Waals surface area contributed by atoms with Gasteiger partial charge in [-0.25, -0.2) is 9.38 Å². The van der Waals surface area contributed by atoms with Gasteiger partial charge in [0.25, 0.3) is 0 Å². The number of rotatable bonds is 8. The van der Waals surface area contributed by atoms with Crippen LogP contribution in [0.5, 0.6) is 17.2 Å². The predicted octanol–water partition coefficient (Wildman–Crippen LogP) is 3.68. The summed E-state index contributed by atoms with van der Waals surface area (Å²) in [6.45, 7) is 5.19. The maximum atomic E-state index is 13.7. The highest BCUT2D eigenvalue weighted by atomic mass is 127. The van der Waals surface area contributed by atoms with Gasteiger partial charge in [0, 0.05) is 12.1 Å². The molecule has 0 aliphatic carbocycles. The number of aliphatic imine (C=N–C) groups is 1. The Morgan fingerprint density at radius 3 is 2.54 bits per heavy atom. The van der Waals surface area contributed by atoms with E-state index in [0.29, 0.717) is 30.4 Å². The Morgan fingerprint density at radius 2 is 1.86 bits per heavy atom. The van der Waals surface area contributed by atoms with Crippen molar-refractivity contribution in [2.24, 2.45) is 4.99 Å². The molecule has 2 aromatic rings. The lowest BCUT2D eigenvalue weighted by Gasteiger charge is -2.18. The number of benzene rings is 2. The van der Waals surface area contributed by atoms with Gasteiger partial charge in [-0.3, -0.25) is 0 Å². The second kappa shape index (κ2) is 12.3. The molecule has 6 nitrogen and oxygen atoms in total. The summed E-state index contributed by atoms with van der Waals surface area (Å²) in [5.74, 6) is 0.889. The number of methoxy groups -OCH3 is 1. The van der Waals surface area contributed by atoms with Crippen LogP contribution in [0.1, 0.15) is 19.4 Å². The van der Waals surface area contributed by atoms with Gasteiger partial charge in [0.1, 0.15) is 6.10 Å². The molecule has 0 saturated carbocycles. The van der Waals surface area contributed by atoms with E-state index >= 15 is 0 Å². The largest absolute Gasteiger partial charge is 0.504 e. The number of guanidine groups is 1. The predicted molar refractivity (Wildman–Crippen MR) is 119 cm³/mol. The molecule has 0 bridgehead atoms. The van der Waals surface area contributed by atoms with Crippen molar-refractivity contribution in [2.75, 3.05) is 20.2 Å². The molecular formula is C20H27FIN3O3. The summed E-state index contributed by atoms with van der Waals surface area (Å²) < 4.78 is 24.4. The molecule has 2 aromatic carbocycles. The van der Waals surface area contributed by atoms with Crippen LogP contribution in [0, 0.1) is 5.82 Å². The molecule has 2 rings (SSSR count). The molecule has 0 radical (unpaired) electrons. The van der Waals surface area contributed by atoms with Crippen molar-refractivity contribution in [2.45, 2.75) is 26.5 Å². The molecule has 0 aliphatic rings. The van der Waals surface area contributed by atoms with Gasteiger partial charge >= 0.3 is 0 Å². The Balaban J connectivity index is 0.00000392. The van der Waals surface area contributed by atoms with Crippen LogP contribution in [0.2, 0.25) is 0 Å². The fraction of sp³-hybridized carbons (Fsp3) is 0.350. The zero-order chi connectivity index (χ0) is 19.6. The smallest absolute Gasteiger partial charge is 0.191 e. The minimum atomic E-state index is -0.390. The van der Waals surface area contributed by atoms with Crippen molar-refractivity contribution in [3.05, 3.63) is 53.8 Å². The highest BCUT2D eigenvalue weighted by Gasteiger charge is 2.10. The third-order valence-electron chi connectivity index (χ3n) is 3.78. The maximum Gasteiger partial charge on any atom is 0.191 e. The SMILES string of the molecule is CCNC(=NCc1cccc(OC)c1O)NCC(C)Oc1ccccc1F.I. The highest BCUT2D eigenvalue weighted by molar-refractivity contribution is 14.0. The van der Waals surface area contributed by atoms with Crippen molar-refractivity contribution in [3.63, 3.8) is 0 Å². The topological polar surface area (TPSA) is 75.1 Å². The summed E-state index contributed by atoms with van der Waals surface area (Å²) in [6, 6.07) is 11.6. The van der Waals surface area contributed by atoms with Crippen LogP contribution in [-0.2, 0) is 6.54 Å². The first-order chi connectivity index (χ1) is 13.0. The Morgan fingerprint density at radius 1 is 1.14 bits per heavy atom. The van der Waals surface area contributed by atoms with E-state index in [1.54, 1.807) is 36.4 Å². The number of hydrogen-bond donors (Lipinski definition) is 3. The molecule has 1 unspecified atom stereocenters. The van der Waals surface area contributed by atoms with Crippen molar-refractivity contribution in [1.29, 1.82) is 0 Å². The highest BCUT2D eigenvalue weighted by Crippen LogP contribution is 2.29. The summed E-state index contributed by atoms with van der Waals surface area (Å²) in [5, 5.41) is 16.4. The van der Waals surface area contributed by atoms with Gasteiger partial charge in [0.15, 0.2) is 29.0 Å². The van der Waals surface area contributed by atoms with Gasteiger partial charge in [0.05, 0.1) is 20.2 Å². The van der Waals surface area contributed by atoms with Crippen molar-refractivity contribution in [1.82, 2.24) is 10.6 Å². The standard InChI is InChI=1S/C20H26FN3O3.HI/c1-4-22-20(24-13-15-8-7-11-18(26-3)19(15)25)23-12-14(2)27-17-10-6-5-9-16(17)21;/h5-11,14,25H,4,12-13H2,1-3H3,(H2,22,23,24);1H. The van der Waals surface area contributed by atoms with E-state index in [-0.39, 0.29) is 48.1 Å². The fourth-order valence-electron chi connectivity index (χ4n) is 2.41. The van der Waals surface area contributed by atoms with Crippen molar-refractivity contribution >= 4 is 29.9 Å². The Hall–Kier alpha value is -2.23. The molecule has 0 spiro atoms. The molecule has 0 amide bonds. The maximum absolute atomic E-state index is 13.7. The number of phenols is 1. The average Bonchev–Trinajstić information content (AvgIpc) is 2.67. The van der Waals surface area contributed by atoms with E-state index in [2.05, 4.69) is 15.6 Å². The number of hydrogen-bond acceptors (Lipinski definition) is 4. The third kappa shape index (κ3) is 7.06. The van der Waals surface area contributed by atoms with Gasteiger partial charge in [-0.15, -0.1) is 24.0 Å². The lowest BCUT2D eigenvalue weighted by molar-refractivity contribution is 0.214. The minimum absolute atomic E-state index is 0. The molecule has 0 aliphatic heterocycles. The second-order valence-corrected chi connectivity index (χ2v) is 5.90. The minimum Gasteiger partial charge on any atom is -0.504 e. The Kier molecular flexibility index (Phi) is 10.4. The van der Waals surface area contributed by atoms with Gasteiger partial charge in [0.2, 0.25) is 0 Å². The van der Waals surface area contributed by atoms with Gasteiger partial charge in [-0.05, 0) is 32.0 Å². The number of aromatic hydroxyl groups is 1. The number of para-hydroxylation sites is 2. The van der Waals surface area contributed by atoms with E-state index in [9.17, 15) is 9.50 Å². The first kappa shape index (κ1) is 23.8. The van der Waals surface area contributed by atoms with E-state index < -0.39 is 5.82 Å². The molecule has 1 atom stereocenters. The summed E-state index contributed by atoms with van der Waals surface area (Å²) in [7, 11) is 1.50. The molecule has 8 heteroatoms. The first-order valence-corrected chi connectivity index (χ1v) is 8.83. The lowest BCUT2D eigenvalue weighted by Crippen LogP contribution is -2.41. The number of nitrogens with one attached hydrogen (secondary N) is 2. The summed E-state index contributed by atoms with van der Waals surface area (Å²) >= 11 is 0. The zero-order valence-electron chi connectivity index (χ0n) is 16.2. The zero-order valence-corrected chi connectivity index (χ0v) is 18.6. The first-order valence-electron chi connectivity index (χ1n) is 8.83. The molecule has 154 valence electrons. The number of halogens is 2. The molecule has 0 saturated heterocycles. The summed E-state index contributed by atoms with van der Waals surface area (Å²) in [5.41, 5.74) is 0.655. The van der Waals surface area contributed by atoms with Gasteiger partial charge in [-0.2, -0.15) is 0 Å². The van der Waals surface area contributed by atoms with Crippen molar-refractivity contribution in [3.8, 4) is 17.2 Å². The lowest BCUT2D eigenvalue weighted by atomic mass is 10.2. The third-order valence-corrected chi connectivity index (χ3v) is 3.78. The fourth-order valence-corrected chi connectivity index (χ4v) is 2.41.